The lowest BCUT2D eigenvalue weighted by atomic mass is 9.83. The predicted molar refractivity (Wildman–Crippen MR) is 50.8 cm³/mol. The van der Waals surface area contributed by atoms with Gasteiger partial charge in [-0.25, -0.2) is 9.97 Å². The highest BCUT2D eigenvalue weighted by molar-refractivity contribution is 9.10. The summed E-state index contributed by atoms with van der Waals surface area (Å²) in [4.78, 5) is 8.48. The first-order valence-corrected chi connectivity index (χ1v) is 5.10. The van der Waals surface area contributed by atoms with Crippen LogP contribution in [0.15, 0.2) is 16.9 Å². The SMILES string of the molecule is Brc1cnc(CC2CCC2)nc1. The zero-order chi connectivity index (χ0) is 8.39. The lowest BCUT2D eigenvalue weighted by molar-refractivity contribution is 0.309. The average Bonchev–Trinajstić information content (AvgIpc) is 2.00. The quantitative estimate of drug-likeness (QED) is 0.775. The van der Waals surface area contributed by atoms with E-state index in [4.69, 9.17) is 0 Å². The van der Waals surface area contributed by atoms with Crippen molar-refractivity contribution >= 4 is 15.9 Å². The fraction of sp³-hybridized carbons (Fsp3) is 0.556. The van der Waals surface area contributed by atoms with E-state index >= 15 is 0 Å². The third kappa shape index (κ3) is 1.83. The first-order chi connectivity index (χ1) is 5.84. The highest BCUT2D eigenvalue weighted by atomic mass is 79.9. The molecule has 1 aromatic rings. The topological polar surface area (TPSA) is 25.8 Å². The Labute approximate surface area is 80.6 Å². The van der Waals surface area contributed by atoms with Gasteiger partial charge in [0.25, 0.3) is 0 Å². The molecule has 0 unspecified atom stereocenters. The van der Waals surface area contributed by atoms with Crippen molar-refractivity contribution in [1.82, 2.24) is 9.97 Å². The van der Waals surface area contributed by atoms with Gasteiger partial charge in [0.1, 0.15) is 5.82 Å². The van der Waals surface area contributed by atoms with E-state index in [1.165, 1.54) is 19.3 Å². The maximum absolute atomic E-state index is 4.24. The van der Waals surface area contributed by atoms with Crippen molar-refractivity contribution in [2.24, 2.45) is 5.92 Å². The number of halogens is 1. The summed E-state index contributed by atoms with van der Waals surface area (Å²) in [7, 11) is 0. The molecule has 0 atom stereocenters. The van der Waals surface area contributed by atoms with Gasteiger partial charge in [0, 0.05) is 18.8 Å². The van der Waals surface area contributed by atoms with Crippen LogP contribution in [-0.2, 0) is 6.42 Å². The summed E-state index contributed by atoms with van der Waals surface area (Å²) in [6.45, 7) is 0. The van der Waals surface area contributed by atoms with Gasteiger partial charge in [-0.2, -0.15) is 0 Å². The molecule has 2 nitrogen and oxygen atoms in total. The molecule has 0 radical (unpaired) electrons. The summed E-state index contributed by atoms with van der Waals surface area (Å²) in [6.07, 6.45) is 8.81. The van der Waals surface area contributed by atoms with Crippen LogP contribution in [0.2, 0.25) is 0 Å². The molecule has 2 rings (SSSR count). The Balaban J connectivity index is 1.98. The van der Waals surface area contributed by atoms with Crippen molar-refractivity contribution in [3.05, 3.63) is 22.7 Å². The number of rotatable bonds is 2. The van der Waals surface area contributed by atoms with Crippen LogP contribution in [0.3, 0.4) is 0 Å². The monoisotopic (exact) mass is 226 g/mol. The minimum Gasteiger partial charge on any atom is -0.240 e. The molecule has 1 fully saturated rings. The molecule has 1 heterocycles. The van der Waals surface area contributed by atoms with Crippen LogP contribution in [0.25, 0.3) is 0 Å². The van der Waals surface area contributed by atoms with Crippen molar-refractivity contribution in [3.63, 3.8) is 0 Å². The summed E-state index contributed by atoms with van der Waals surface area (Å²) in [6, 6.07) is 0. The fourth-order valence-electron chi connectivity index (χ4n) is 1.40. The largest absolute Gasteiger partial charge is 0.240 e. The fourth-order valence-corrected chi connectivity index (χ4v) is 1.60. The summed E-state index contributed by atoms with van der Waals surface area (Å²) >= 11 is 3.32. The number of nitrogens with zero attached hydrogens (tertiary/aromatic N) is 2. The van der Waals surface area contributed by atoms with E-state index < -0.39 is 0 Å². The van der Waals surface area contributed by atoms with E-state index in [9.17, 15) is 0 Å². The molecular formula is C9H11BrN2. The molecule has 12 heavy (non-hydrogen) atoms. The van der Waals surface area contributed by atoms with Crippen LogP contribution in [0, 0.1) is 5.92 Å². The highest BCUT2D eigenvalue weighted by Crippen LogP contribution is 2.28. The van der Waals surface area contributed by atoms with Crippen LogP contribution >= 0.6 is 15.9 Å². The van der Waals surface area contributed by atoms with Crippen LogP contribution in [-0.4, -0.2) is 9.97 Å². The first-order valence-electron chi connectivity index (χ1n) is 4.31. The Kier molecular flexibility index (Phi) is 2.40. The van der Waals surface area contributed by atoms with Gasteiger partial charge in [0.2, 0.25) is 0 Å². The number of hydrogen-bond donors (Lipinski definition) is 0. The third-order valence-electron chi connectivity index (χ3n) is 2.37. The molecule has 64 valence electrons. The van der Waals surface area contributed by atoms with Crippen LogP contribution in [0.4, 0.5) is 0 Å². The van der Waals surface area contributed by atoms with Gasteiger partial charge in [-0.3, -0.25) is 0 Å². The molecule has 0 saturated heterocycles. The summed E-state index contributed by atoms with van der Waals surface area (Å²) in [5, 5.41) is 0. The number of hydrogen-bond acceptors (Lipinski definition) is 2. The van der Waals surface area contributed by atoms with E-state index in [1.54, 1.807) is 0 Å². The molecule has 0 amide bonds. The lowest BCUT2D eigenvalue weighted by Gasteiger charge is -2.24. The molecule has 0 spiro atoms. The maximum Gasteiger partial charge on any atom is 0.128 e. The zero-order valence-corrected chi connectivity index (χ0v) is 8.42. The van der Waals surface area contributed by atoms with Crippen molar-refractivity contribution in [3.8, 4) is 0 Å². The standard InChI is InChI=1S/C9H11BrN2/c10-8-5-11-9(12-6-8)4-7-2-1-3-7/h5-7H,1-4H2. The van der Waals surface area contributed by atoms with Gasteiger partial charge in [-0.15, -0.1) is 0 Å². The van der Waals surface area contributed by atoms with Crippen molar-refractivity contribution in [2.45, 2.75) is 25.7 Å². The molecule has 1 aliphatic rings. The molecule has 1 saturated carbocycles. The average molecular weight is 227 g/mol. The van der Waals surface area contributed by atoms with E-state index in [-0.39, 0.29) is 0 Å². The van der Waals surface area contributed by atoms with Crippen molar-refractivity contribution in [1.29, 1.82) is 0 Å². The summed E-state index contributed by atoms with van der Waals surface area (Å²) in [5.74, 6) is 1.84. The van der Waals surface area contributed by atoms with Gasteiger partial charge < -0.3 is 0 Å². The Bertz CT molecular complexity index is 254. The molecule has 0 aromatic carbocycles. The van der Waals surface area contributed by atoms with Crippen LogP contribution < -0.4 is 0 Å². The molecule has 3 heteroatoms. The Morgan fingerprint density at radius 2 is 2.00 bits per heavy atom. The first kappa shape index (κ1) is 8.17. The predicted octanol–water partition coefficient (Wildman–Crippen LogP) is 2.58. The van der Waals surface area contributed by atoms with E-state index in [0.717, 1.165) is 22.6 Å². The third-order valence-corrected chi connectivity index (χ3v) is 2.78. The smallest absolute Gasteiger partial charge is 0.128 e. The second-order valence-corrected chi connectivity index (χ2v) is 4.23. The van der Waals surface area contributed by atoms with E-state index in [2.05, 4.69) is 25.9 Å². The van der Waals surface area contributed by atoms with Crippen molar-refractivity contribution in [2.75, 3.05) is 0 Å². The second kappa shape index (κ2) is 3.52. The minimum absolute atomic E-state index is 0.853. The minimum atomic E-state index is 0.853. The summed E-state index contributed by atoms with van der Waals surface area (Å²) in [5.41, 5.74) is 0. The molecule has 0 bridgehead atoms. The van der Waals surface area contributed by atoms with E-state index in [1.807, 2.05) is 12.4 Å². The Hall–Kier alpha value is -0.440. The van der Waals surface area contributed by atoms with Crippen molar-refractivity contribution < 1.29 is 0 Å². The van der Waals surface area contributed by atoms with Gasteiger partial charge >= 0.3 is 0 Å². The summed E-state index contributed by atoms with van der Waals surface area (Å²) < 4.78 is 0.958. The normalized spacial score (nSPS) is 17.4. The van der Waals surface area contributed by atoms with Gasteiger partial charge in [0.05, 0.1) is 4.47 Å². The second-order valence-electron chi connectivity index (χ2n) is 3.32. The maximum atomic E-state index is 4.24. The number of aromatic nitrogens is 2. The molecule has 1 aliphatic carbocycles. The van der Waals surface area contributed by atoms with Gasteiger partial charge in [-0.05, 0) is 21.8 Å². The van der Waals surface area contributed by atoms with Gasteiger partial charge in [0.15, 0.2) is 0 Å². The zero-order valence-electron chi connectivity index (χ0n) is 6.83. The van der Waals surface area contributed by atoms with Gasteiger partial charge in [-0.1, -0.05) is 19.3 Å². The molecule has 0 aliphatic heterocycles. The van der Waals surface area contributed by atoms with Crippen LogP contribution in [0.1, 0.15) is 25.1 Å². The highest BCUT2D eigenvalue weighted by Gasteiger charge is 2.18. The Morgan fingerprint density at radius 1 is 1.33 bits per heavy atom. The molecular weight excluding hydrogens is 216 g/mol. The Morgan fingerprint density at radius 3 is 2.50 bits per heavy atom. The van der Waals surface area contributed by atoms with E-state index in [0.29, 0.717) is 0 Å². The molecule has 0 N–H and O–H groups in total. The van der Waals surface area contributed by atoms with Crippen LogP contribution in [0.5, 0.6) is 0 Å². The lowest BCUT2D eigenvalue weighted by Crippen LogP contribution is -2.15. The molecule has 1 aromatic heterocycles.